The maximum atomic E-state index is 12.1. The van der Waals surface area contributed by atoms with Crippen LogP contribution in [0.4, 0.5) is 0 Å². The van der Waals surface area contributed by atoms with Gasteiger partial charge in [0.15, 0.2) is 0 Å². The van der Waals surface area contributed by atoms with Gasteiger partial charge in [-0.15, -0.1) is 0 Å². The minimum atomic E-state index is -0.0885. The van der Waals surface area contributed by atoms with Crippen LogP contribution < -0.4 is 5.56 Å². The maximum Gasteiger partial charge on any atom is 0.277 e. The molecule has 0 aromatic carbocycles. The molecular weight excluding hydrogens is 224 g/mol. The van der Waals surface area contributed by atoms with E-state index in [0.29, 0.717) is 10.7 Å². The van der Waals surface area contributed by atoms with Gasteiger partial charge in [0.1, 0.15) is 10.7 Å². The van der Waals surface area contributed by atoms with Crippen molar-refractivity contribution in [2.24, 2.45) is 0 Å². The van der Waals surface area contributed by atoms with Crippen LogP contribution in [-0.4, -0.2) is 9.55 Å². The molecule has 16 heavy (non-hydrogen) atoms. The number of nitrogens with zero attached hydrogens (tertiary/aromatic N) is 2. The Labute approximate surface area is 98.7 Å². The predicted octanol–water partition coefficient (Wildman–Crippen LogP) is 2.94. The van der Waals surface area contributed by atoms with Crippen molar-refractivity contribution in [3.63, 3.8) is 0 Å². The number of pyridine rings is 2. The first-order valence-corrected chi connectivity index (χ1v) is 5.56. The third kappa shape index (κ3) is 1.71. The normalized spacial score (nSPS) is 11.3. The second-order valence-electron chi connectivity index (χ2n) is 4.16. The Morgan fingerprint density at radius 2 is 2.12 bits per heavy atom. The highest BCUT2D eigenvalue weighted by Crippen LogP contribution is 2.17. The summed E-state index contributed by atoms with van der Waals surface area (Å²) in [5.74, 6) is 0. The van der Waals surface area contributed by atoms with Crippen LogP contribution in [-0.2, 0) is 0 Å². The predicted molar refractivity (Wildman–Crippen MR) is 66.1 cm³/mol. The van der Waals surface area contributed by atoms with Crippen LogP contribution in [0.5, 0.6) is 0 Å². The van der Waals surface area contributed by atoms with Gasteiger partial charge in [0.2, 0.25) is 0 Å². The number of halogens is 1. The summed E-state index contributed by atoms with van der Waals surface area (Å²) in [5.41, 5.74) is 1.23. The lowest BCUT2D eigenvalue weighted by atomic mass is 10.2. The Morgan fingerprint density at radius 1 is 1.44 bits per heavy atom. The zero-order chi connectivity index (χ0) is 11.9. The summed E-state index contributed by atoms with van der Waals surface area (Å²) >= 11 is 5.93. The number of rotatable bonds is 1. The zero-order valence-corrected chi connectivity index (χ0v) is 10.2. The first-order chi connectivity index (χ1) is 7.50. The fourth-order valence-corrected chi connectivity index (χ4v) is 1.81. The van der Waals surface area contributed by atoms with Gasteiger partial charge in [0, 0.05) is 17.6 Å². The molecule has 4 heteroatoms. The van der Waals surface area contributed by atoms with Crippen LogP contribution >= 0.6 is 11.6 Å². The molecule has 3 nitrogen and oxygen atoms in total. The van der Waals surface area contributed by atoms with Crippen LogP contribution in [0.2, 0.25) is 5.15 Å². The van der Waals surface area contributed by atoms with Crippen molar-refractivity contribution in [1.82, 2.24) is 9.55 Å². The smallest absolute Gasteiger partial charge is 0.277 e. The van der Waals surface area contributed by atoms with Gasteiger partial charge in [-0.3, -0.25) is 4.79 Å². The molecular formula is C12H13ClN2O. The number of aromatic nitrogens is 2. The van der Waals surface area contributed by atoms with E-state index in [-0.39, 0.29) is 11.6 Å². The number of aryl methyl sites for hydroxylation is 1. The van der Waals surface area contributed by atoms with Gasteiger partial charge in [0.25, 0.3) is 5.56 Å². The molecule has 0 aliphatic carbocycles. The van der Waals surface area contributed by atoms with Crippen LogP contribution in [0.1, 0.15) is 25.5 Å². The van der Waals surface area contributed by atoms with Crippen molar-refractivity contribution in [3.05, 3.63) is 39.4 Å². The molecule has 0 radical (unpaired) electrons. The summed E-state index contributed by atoms with van der Waals surface area (Å²) in [6.07, 6.45) is 1.80. The van der Waals surface area contributed by atoms with Crippen LogP contribution in [0.3, 0.4) is 0 Å². The Kier molecular flexibility index (Phi) is 2.72. The quantitative estimate of drug-likeness (QED) is 0.714. The first-order valence-electron chi connectivity index (χ1n) is 5.18. The molecule has 0 fully saturated rings. The molecule has 0 aliphatic rings. The van der Waals surface area contributed by atoms with Crippen molar-refractivity contribution in [2.75, 3.05) is 0 Å². The number of hydrogen-bond donors (Lipinski definition) is 0. The molecule has 0 unspecified atom stereocenters. The molecule has 0 saturated heterocycles. The monoisotopic (exact) mass is 236 g/mol. The Bertz CT molecular complexity index is 602. The van der Waals surface area contributed by atoms with E-state index in [0.717, 1.165) is 10.9 Å². The Morgan fingerprint density at radius 3 is 2.75 bits per heavy atom. The molecule has 2 aromatic heterocycles. The summed E-state index contributed by atoms with van der Waals surface area (Å²) in [6, 6.07) is 3.91. The minimum Gasteiger partial charge on any atom is -0.311 e. The van der Waals surface area contributed by atoms with Crippen molar-refractivity contribution in [3.8, 4) is 0 Å². The lowest BCUT2D eigenvalue weighted by Crippen LogP contribution is -2.22. The van der Waals surface area contributed by atoms with Gasteiger partial charge in [-0.25, -0.2) is 4.98 Å². The largest absolute Gasteiger partial charge is 0.311 e. The van der Waals surface area contributed by atoms with Gasteiger partial charge in [-0.2, -0.15) is 0 Å². The maximum absolute atomic E-state index is 12.1. The van der Waals surface area contributed by atoms with Crippen LogP contribution in [0.15, 0.2) is 23.1 Å². The lowest BCUT2D eigenvalue weighted by molar-refractivity contribution is 0.582. The molecule has 0 amide bonds. The molecule has 2 heterocycles. The number of fused-ring (bicyclic) bond motifs is 1. The van der Waals surface area contributed by atoms with E-state index in [2.05, 4.69) is 4.98 Å². The zero-order valence-electron chi connectivity index (χ0n) is 9.49. The SMILES string of the molecule is Cc1cc2ccn(C(C)C)c(=O)c2nc1Cl. The molecule has 0 saturated carbocycles. The fourth-order valence-electron chi connectivity index (χ4n) is 1.67. The molecule has 0 aliphatic heterocycles. The lowest BCUT2D eigenvalue weighted by Gasteiger charge is -2.10. The van der Waals surface area contributed by atoms with Crippen molar-refractivity contribution in [2.45, 2.75) is 26.8 Å². The summed E-state index contributed by atoms with van der Waals surface area (Å²) in [7, 11) is 0. The third-order valence-electron chi connectivity index (χ3n) is 2.59. The van der Waals surface area contributed by atoms with Crippen LogP contribution in [0, 0.1) is 6.92 Å². The van der Waals surface area contributed by atoms with Crippen molar-refractivity contribution in [1.29, 1.82) is 0 Å². The highest BCUT2D eigenvalue weighted by Gasteiger charge is 2.08. The van der Waals surface area contributed by atoms with Crippen molar-refractivity contribution < 1.29 is 0 Å². The summed E-state index contributed by atoms with van der Waals surface area (Å²) in [4.78, 5) is 16.2. The molecule has 0 atom stereocenters. The molecule has 0 bridgehead atoms. The van der Waals surface area contributed by atoms with Gasteiger partial charge in [-0.1, -0.05) is 11.6 Å². The average molecular weight is 237 g/mol. The fraction of sp³-hybridized carbons (Fsp3) is 0.333. The van der Waals surface area contributed by atoms with Gasteiger partial charge >= 0.3 is 0 Å². The van der Waals surface area contributed by atoms with E-state index in [4.69, 9.17) is 11.6 Å². The molecule has 84 valence electrons. The van der Waals surface area contributed by atoms with Gasteiger partial charge in [-0.05, 0) is 38.5 Å². The van der Waals surface area contributed by atoms with Gasteiger partial charge < -0.3 is 4.57 Å². The van der Waals surface area contributed by atoms with Crippen molar-refractivity contribution >= 4 is 22.5 Å². The minimum absolute atomic E-state index is 0.0885. The molecule has 0 N–H and O–H groups in total. The van der Waals surface area contributed by atoms with E-state index in [9.17, 15) is 4.79 Å². The third-order valence-corrected chi connectivity index (χ3v) is 2.97. The van der Waals surface area contributed by atoms with E-state index in [1.54, 1.807) is 10.8 Å². The molecule has 2 aromatic rings. The van der Waals surface area contributed by atoms with E-state index in [1.165, 1.54) is 0 Å². The van der Waals surface area contributed by atoms with E-state index in [1.807, 2.05) is 32.9 Å². The summed E-state index contributed by atoms with van der Waals surface area (Å²) in [6.45, 7) is 5.80. The average Bonchev–Trinajstić information content (AvgIpc) is 2.21. The van der Waals surface area contributed by atoms with Gasteiger partial charge in [0.05, 0.1) is 0 Å². The van der Waals surface area contributed by atoms with E-state index < -0.39 is 0 Å². The second-order valence-corrected chi connectivity index (χ2v) is 4.51. The highest BCUT2D eigenvalue weighted by atomic mass is 35.5. The van der Waals surface area contributed by atoms with Crippen LogP contribution in [0.25, 0.3) is 10.9 Å². The first kappa shape index (κ1) is 11.1. The number of hydrogen-bond acceptors (Lipinski definition) is 2. The highest BCUT2D eigenvalue weighted by molar-refractivity contribution is 6.30. The topological polar surface area (TPSA) is 34.9 Å². The Balaban J connectivity index is 2.85. The summed E-state index contributed by atoms with van der Waals surface area (Å²) in [5, 5.41) is 1.23. The molecule has 0 spiro atoms. The molecule has 2 rings (SSSR count). The standard InChI is InChI=1S/C12H13ClN2O/c1-7(2)15-5-4-9-6-8(3)11(13)14-10(9)12(15)16/h4-7H,1-3H3. The second kappa shape index (κ2) is 3.91. The van der Waals surface area contributed by atoms with E-state index >= 15 is 0 Å². The summed E-state index contributed by atoms with van der Waals surface area (Å²) < 4.78 is 1.65. The Hall–Kier alpha value is -1.35.